The van der Waals surface area contributed by atoms with Crippen LogP contribution in [-0.4, -0.2) is 45.2 Å². The molecule has 0 atom stereocenters. The fourth-order valence-electron chi connectivity index (χ4n) is 0.479. The second-order valence-electron chi connectivity index (χ2n) is 1.60. The summed E-state index contributed by atoms with van der Waals surface area (Å²) in [5.41, 5.74) is 0. The van der Waals surface area contributed by atoms with Crippen molar-refractivity contribution in [1.29, 1.82) is 0 Å². The van der Waals surface area contributed by atoms with Crippen molar-refractivity contribution in [3.05, 3.63) is 8.69 Å². The van der Waals surface area contributed by atoms with E-state index in [2.05, 4.69) is 0 Å². The summed E-state index contributed by atoms with van der Waals surface area (Å²) in [5.74, 6) is 0. The molecule has 0 amide bonds. The number of allylic oxidation sites excluding steroid dienone is 1. The van der Waals surface area contributed by atoms with Crippen molar-refractivity contribution in [2.45, 2.75) is 0 Å². The Labute approximate surface area is 68.7 Å². The Bertz CT molecular complexity index is 323. The molecule has 0 fully saturated rings. The molecule has 0 saturated heterocycles. The number of hydrogen-bond acceptors (Lipinski definition) is 3. The average Bonchev–Trinajstić information content (AvgIpc) is 1.57. The van der Waals surface area contributed by atoms with Crippen LogP contribution in [0.3, 0.4) is 0 Å². The van der Waals surface area contributed by atoms with Crippen LogP contribution >= 0.6 is 0 Å². The third-order valence-corrected chi connectivity index (χ3v) is 7.12. The van der Waals surface area contributed by atoms with Gasteiger partial charge in [-0.15, -0.1) is 0 Å². The molecule has 0 aliphatic carbocycles. The molecule has 10 heavy (non-hydrogen) atoms. The number of hydrogen-bond donors (Lipinski definition) is 1. The molecule has 54 valence electrons. The normalized spacial score (nSPS) is 16.9. The van der Waals surface area contributed by atoms with E-state index in [9.17, 15) is 13.2 Å². The van der Waals surface area contributed by atoms with Gasteiger partial charge in [-0.2, -0.15) is 0 Å². The van der Waals surface area contributed by atoms with Gasteiger partial charge in [0.25, 0.3) is 0 Å². The Morgan fingerprint density at radius 3 is 2.30 bits per heavy atom. The van der Waals surface area contributed by atoms with Crippen LogP contribution in [0.5, 0.6) is 0 Å². The van der Waals surface area contributed by atoms with Crippen molar-refractivity contribution in [2.75, 3.05) is 0 Å². The summed E-state index contributed by atoms with van der Waals surface area (Å²) in [6.45, 7) is 0. The Morgan fingerprint density at radius 2 is 2.20 bits per heavy atom. The summed E-state index contributed by atoms with van der Waals surface area (Å²) < 4.78 is 30.8. The third kappa shape index (κ3) is 1.39. The maximum atomic E-state index is 10.3. The fraction of sp³-hybridized carbons (Fsp3) is 0. The van der Waals surface area contributed by atoms with E-state index in [0.29, 0.717) is 9.49 Å². The molecule has 0 radical (unpaired) electrons. The van der Waals surface area contributed by atoms with Crippen LogP contribution in [0.15, 0.2) is 8.69 Å². The molecule has 0 saturated carbocycles. The zero-order valence-corrected chi connectivity index (χ0v) is 8.98. The van der Waals surface area contributed by atoms with Crippen molar-refractivity contribution in [2.24, 2.45) is 0 Å². The van der Waals surface area contributed by atoms with E-state index in [1.807, 2.05) is 0 Å². The molecular weight excluding hydrogens is 353 g/mol. The van der Waals surface area contributed by atoms with Crippen molar-refractivity contribution >= 4 is 42.4 Å². The van der Waals surface area contributed by atoms with Gasteiger partial charge in [0.1, 0.15) is 0 Å². The van der Waals surface area contributed by atoms with E-state index >= 15 is 0 Å². The predicted octanol–water partition coefficient (Wildman–Crippen LogP) is -1.20. The molecule has 0 bridgehead atoms. The zero-order valence-electron chi connectivity index (χ0n) is 4.68. The minimum atomic E-state index is -4.09. The molecule has 0 unspecified atom stereocenters. The van der Waals surface area contributed by atoms with Crippen LogP contribution < -0.4 is 0 Å². The molecule has 1 N–H and O–H groups in total. The molecule has 4 nitrogen and oxygen atoms in total. The molecule has 0 aromatic carbocycles. The maximum absolute atomic E-state index is 10.3. The summed E-state index contributed by atoms with van der Waals surface area (Å²) in [6.07, 6.45) is 0.514. The molecule has 0 aromatic rings. The van der Waals surface area contributed by atoms with Crippen molar-refractivity contribution in [3.63, 3.8) is 0 Å². The van der Waals surface area contributed by atoms with Gasteiger partial charge in [-0.05, 0) is 0 Å². The van der Waals surface area contributed by atoms with Crippen LogP contribution in [0.25, 0.3) is 0 Å². The molecular formula is C4H3BiO4S. The Morgan fingerprint density at radius 1 is 1.60 bits per heavy atom. The molecule has 1 aliphatic rings. The predicted molar refractivity (Wildman–Crippen MR) is 36.5 cm³/mol. The summed E-state index contributed by atoms with van der Waals surface area (Å²) in [5, 5.41) is 0. The number of carbonyl (C=O) groups is 1. The van der Waals surface area contributed by atoms with E-state index in [0.717, 1.165) is 0 Å². The first kappa shape index (κ1) is 8.17. The van der Waals surface area contributed by atoms with E-state index in [-0.39, 0.29) is 4.91 Å². The molecule has 0 aromatic heterocycles. The topological polar surface area (TPSA) is 71.4 Å². The monoisotopic (exact) mass is 356 g/mol. The van der Waals surface area contributed by atoms with Crippen LogP contribution in [0.4, 0.5) is 0 Å². The second-order valence-corrected chi connectivity index (χ2v) is 6.87. The van der Waals surface area contributed by atoms with Gasteiger partial charge in [-0.3, -0.25) is 0 Å². The Balaban J connectivity index is 2.93. The molecule has 1 heterocycles. The fourth-order valence-corrected chi connectivity index (χ4v) is 6.48. The Kier molecular flexibility index (Phi) is 2.13. The molecule has 0 spiro atoms. The van der Waals surface area contributed by atoms with Crippen LogP contribution in [0.1, 0.15) is 0 Å². The van der Waals surface area contributed by atoms with Gasteiger partial charge in [0, 0.05) is 0 Å². The van der Waals surface area contributed by atoms with Gasteiger partial charge in [-0.25, -0.2) is 0 Å². The third-order valence-electron chi connectivity index (χ3n) is 0.963. The van der Waals surface area contributed by atoms with E-state index in [1.165, 1.54) is 3.78 Å². The molecule has 6 heteroatoms. The minimum absolute atomic E-state index is 0.167. The van der Waals surface area contributed by atoms with Crippen molar-refractivity contribution in [1.82, 2.24) is 0 Å². The second kappa shape index (κ2) is 2.60. The van der Waals surface area contributed by atoms with Gasteiger partial charge < -0.3 is 0 Å². The first-order valence-corrected chi connectivity index (χ1v) is 7.45. The molecule has 1 aliphatic heterocycles. The van der Waals surface area contributed by atoms with Gasteiger partial charge in [0.05, 0.1) is 0 Å². The summed E-state index contributed by atoms with van der Waals surface area (Å²) >= 11 is -1.09. The number of carbonyl (C=O) groups excluding carboxylic acids is 1. The Hall–Kier alpha value is 0.0731. The van der Waals surface area contributed by atoms with Crippen LogP contribution in [0.2, 0.25) is 0 Å². The average molecular weight is 356 g/mol. The van der Waals surface area contributed by atoms with Crippen molar-refractivity contribution in [3.8, 4) is 0 Å². The zero-order chi connectivity index (χ0) is 7.78. The quantitative estimate of drug-likeness (QED) is 0.384. The summed E-state index contributed by atoms with van der Waals surface area (Å²) in [4.78, 5) is 9.87. The van der Waals surface area contributed by atoms with Gasteiger partial charge in [0.2, 0.25) is 0 Å². The van der Waals surface area contributed by atoms with E-state index < -0.39 is 32.9 Å². The SMILES string of the molecule is O=C[C]1=[Bi][CH]=C1S(=O)(=O)O. The summed E-state index contributed by atoms with van der Waals surface area (Å²) in [7, 11) is -4.09. The first-order chi connectivity index (χ1) is 4.55. The number of aldehydes is 1. The number of rotatable bonds is 2. The van der Waals surface area contributed by atoms with Crippen LogP contribution in [0, 0.1) is 0 Å². The van der Waals surface area contributed by atoms with Crippen molar-refractivity contribution < 1.29 is 17.8 Å². The van der Waals surface area contributed by atoms with E-state index in [4.69, 9.17) is 4.55 Å². The molecule has 1 rings (SSSR count). The van der Waals surface area contributed by atoms with Gasteiger partial charge in [-0.1, -0.05) is 0 Å². The summed E-state index contributed by atoms with van der Waals surface area (Å²) in [6, 6.07) is 0. The standard InChI is InChI=1S/C4H3O4S.Bi/c1-4(2-3-5)9(6,7)8;/h1,3H,(H,6,7,8);. The van der Waals surface area contributed by atoms with Gasteiger partial charge in [0.15, 0.2) is 0 Å². The van der Waals surface area contributed by atoms with Crippen LogP contribution in [-0.2, 0) is 14.9 Å². The van der Waals surface area contributed by atoms with E-state index in [1.54, 1.807) is 0 Å². The van der Waals surface area contributed by atoms with Gasteiger partial charge >= 0.3 is 68.8 Å². The first-order valence-electron chi connectivity index (χ1n) is 2.26.